The number of unbranched alkanes of at least 4 members (excludes halogenated alkanes) is 1. The lowest BCUT2D eigenvalue weighted by Crippen LogP contribution is -2.35. The van der Waals surface area contributed by atoms with Gasteiger partial charge in [0.1, 0.15) is 6.29 Å². The molecule has 0 bridgehead atoms. The van der Waals surface area contributed by atoms with Gasteiger partial charge in [-0.15, -0.1) is 0 Å². The maximum atomic E-state index is 11.6. The Balaban J connectivity index is 2.00. The lowest BCUT2D eigenvalue weighted by Gasteiger charge is -2.20. The maximum Gasteiger partial charge on any atom is 0.305 e. The number of thioether (sulfide) groups is 1. The van der Waals surface area contributed by atoms with Gasteiger partial charge >= 0.3 is 5.97 Å². The van der Waals surface area contributed by atoms with Crippen LogP contribution in [0.1, 0.15) is 45.4 Å². The SMILES string of the molecule is CCCCOC(=O)CCCSCCN1C(=O)CC[C@@H]1C=O. The van der Waals surface area contributed by atoms with Gasteiger partial charge in [0.25, 0.3) is 0 Å². The van der Waals surface area contributed by atoms with E-state index in [1.54, 1.807) is 16.7 Å². The van der Waals surface area contributed by atoms with Gasteiger partial charge < -0.3 is 14.4 Å². The lowest BCUT2D eigenvalue weighted by molar-refractivity contribution is -0.143. The summed E-state index contributed by atoms with van der Waals surface area (Å²) in [6.45, 7) is 3.20. The van der Waals surface area contributed by atoms with Crippen molar-refractivity contribution in [1.82, 2.24) is 4.90 Å². The van der Waals surface area contributed by atoms with Crippen molar-refractivity contribution in [3.05, 3.63) is 0 Å². The molecule has 0 radical (unpaired) electrons. The summed E-state index contributed by atoms with van der Waals surface area (Å²) in [6.07, 6.45) is 5.19. The predicted octanol–water partition coefficient (Wildman–Crippen LogP) is 2.03. The van der Waals surface area contributed by atoms with Crippen LogP contribution in [0.3, 0.4) is 0 Å². The van der Waals surface area contributed by atoms with Crippen molar-refractivity contribution in [2.75, 3.05) is 24.7 Å². The van der Waals surface area contributed by atoms with E-state index < -0.39 is 0 Å². The van der Waals surface area contributed by atoms with Gasteiger partial charge in [-0.05, 0) is 25.0 Å². The van der Waals surface area contributed by atoms with Gasteiger partial charge in [-0.2, -0.15) is 11.8 Å². The summed E-state index contributed by atoms with van der Waals surface area (Å²) in [5.74, 6) is 1.63. The summed E-state index contributed by atoms with van der Waals surface area (Å²) in [5, 5.41) is 0. The van der Waals surface area contributed by atoms with Crippen LogP contribution in [0, 0.1) is 0 Å². The largest absolute Gasteiger partial charge is 0.466 e. The lowest BCUT2D eigenvalue weighted by atomic mass is 10.2. The van der Waals surface area contributed by atoms with Crippen LogP contribution in [0.2, 0.25) is 0 Å². The zero-order valence-corrected chi connectivity index (χ0v) is 13.5. The fourth-order valence-electron chi connectivity index (χ4n) is 2.17. The van der Waals surface area contributed by atoms with Gasteiger partial charge in [0.15, 0.2) is 0 Å². The number of likely N-dealkylation sites (tertiary alicyclic amines) is 1. The molecule has 0 aromatic rings. The molecular formula is C15H25NO4S. The third-order valence-electron chi connectivity index (χ3n) is 3.44. The van der Waals surface area contributed by atoms with E-state index in [1.807, 2.05) is 0 Å². The molecule has 0 saturated carbocycles. The summed E-state index contributed by atoms with van der Waals surface area (Å²) in [6, 6.07) is -0.230. The van der Waals surface area contributed by atoms with Crippen LogP contribution in [-0.4, -0.2) is 53.8 Å². The number of carbonyl (C=O) groups excluding carboxylic acids is 3. The minimum atomic E-state index is -0.230. The molecule has 1 rings (SSSR count). The second kappa shape index (κ2) is 10.7. The molecule has 120 valence electrons. The van der Waals surface area contributed by atoms with E-state index in [0.717, 1.165) is 37.1 Å². The number of esters is 1. The highest BCUT2D eigenvalue weighted by atomic mass is 32.2. The Morgan fingerprint density at radius 2 is 2.24 bits per heavy atom. The molecule has 1 atom stereocenters. The van der Waals surface area contributed by atoms with Crippen molar-refractivity contribution in [3.63, 3.8) is 0 Å². The highest BCUT2D eigenvalue weighted by molar-refractivity contribution is 7.99. The number of amides is 1. The molecule has 0 aliphatic carbocycles. The maximum absolute atomic E-state index is 11.6. The summed E-state index contributed by atoms with van der Waals surface area (Å²) in [4.78, 5) is 35.4. The van der Waals surface area contributed by atoms with E-state index in [-0.39, 0.29) is 17.9 Å². The molecule has 5 nitrogen and oxygen atoms in total. The second-order valence-corrected chi connectivity index (χ2v) is 6.34. The van der Waals surface area contributed by atoms with Crippen molar-refractivity contribution in [2.45, 2.75) is 51.5 Å². The molecular weight excluding hydrogens is 290 g/mol. The van der Waals surface area contributed by atoms with Crippen molar-refractivity contribution in [2.24, 2.45) is 0 Å². The first-order valence-corrected chi connectivity index (χ1v) is 8.82. The van der Waals surface area contributed by atoms with E-state index in [0.29, 0.717) is 32.4 Å². The average molecular weight is 315 g/mol. The Kier molecular flexibility index (Phi) is 9.14. The number of ether oxygens (including phenoxy) is 1. The van der Waals surface area contributed by atoms with E-state index in [4.69, 9.17) is 4.74 Å². The fraction of sp³-hybridized carbons (Fsp3) is 0.800. The van der Waals surface area contributed by atoms with Gasteiger partial charge in [-0.3, -0.25) is 9.59 Å². The quantitative estimate of drug-likeness (QED) is 0.332. The first-order valence-electron chi connectivity index (χ1n) is 7.67. The topological polar surface area (TPSA) is 63.7 Å². The molecule has 1 heterocycles. The van der Waals surface area contributed by atoms with Crippen LogP contribution in [0.4, 0.5) is 0 Å². The predicted molar refractivity (Wildman–Crippen MR) is 83.2 cm³/mol. The summed E-state index contributed by atoms with van der Waals surface area (Å²) in [7, 11) is 0. The molecule has 0 aromatic heterocycles. The van der Waals surface area contributed by atoms with Gasteiger partial charge in [-0.25, -0.2) is 0 Å². The van der Waals surface area contributed by atoms with Gasteiger partial charge in [0.2, 0.25) is 5.91 Å². The van der Waals surface area contributed by atoms with Crippen molar-refractivity contribution >= 4 is 29.9 Å². The van der Waals surface area contributed by atoms with Gasteiger partial charge in [0.05, 0.1) is 12.6 Å². The molecule has 0 N–H and O–H groups in total. The third-order valence-corrected chi connectivity index (χ3v) is 4.49. The number of hydrogen-bond acceptors (Lipinski definition) is 5. The molecule has 6 heteroatoms. The number of rotatable bonds is 11. The Hall–Kier alpha value is -1.04. The smallest absolute Gasteiger partial charge is 0.305 e. The average Bonchev–Trinajstić information content (AvgIpc) is 2.83. The molecule has 1 saturated heterocycles. The minimum Gasteiger partial charge on any atom is -0.466 e. The fourth-order valence-corrected chi connectivity index (χ4v) is 3.05. The highest BCUT2D eigenvalue weighted by Crippen LogP contribution is 2.17. The van der Waals surface area contributed by atoms with Crippen molar-refractivity contribution in [3.8, 4) is 0 Å². The van der Waals surface area contributed by atoms with Crippen molar-refractivity contribution in [1.29, 1.82) is 0 Å². The summed E-state index contributed by atoms with van der Waals surface area (Å²) < 4.78 is 5.07. The molecule has 1 aliphatic rings. The zero-order valence-electron chi connectivity index (χ0n) is 12.7. The summed E-state index contributed by atoms with van der Waals surface area (Å²) in [5.41, 5.74) is 0. The number of carbonyl (C=O) groups is 3. The summed E-state index contributed by atoms with van der Waals surface area (Å²) >= 11 is 1.71. The van der Waals surface area contributed by atoms with E-state index >= 15 is 0 Å². The Labute approximate surface area is 130 Å². The molecule has 1 aliphatic heterocycles. The Morgan fingerprint density at radius 3 is 2.95 bits per heavy atom. The van der Waals surface area contributed by atoms with Crippen LogP contribution in [0.25, 0.3) is 0 Å². The van der Waals surface area contributed by atoms with Crippen LogP contribution < -0.4 is 0 Å². The highest BCUT2D eigenvalue weighted by Gasteiger charge is 2.29. The van der Waals surface area contributed by atoms with E-state index in [1.165, 1.54) is 0 Å². The van der Waals surface area contributed by atoms with Crippen LogP contribution in [-0.2, 0) is 19.1 Å². The number of nitrogens with zero attached hydrogens (tertiary/aromatic N) is 1. The second-order valence-electron chi connectivity index (χ2n) is 5.12. The molecule has 1 amide bonds. The minimum absolute atomic E-state index is 0.0761. The Bertz CT molecular complexity index is 349. The van der Waals surface area contributed by atoms with E-state index in [2.05, 4.69) is 6.92 Å². The third kappa shape index (κ3) is 6.98. The molecule has 1 fully saturated rings. The molecule has 0 spiro atoms. The number of hydrogen-bond donors (Lipinski definition) is 0. The van der Waals surface area contributed by atoms with E-state index in [9.17, 15) is 14.4 Å². The first kappa shape index (κ1) is 18.0. The standard InChI is InChI=1S/C15H25NO4S/c1-2-3-9-20-15(19)5-4-10-21-11-8-16-13(12-17)6-7-14(16)18/h12-13H,2-11H2,1H3/t13-/m1/s1. The van der Waals surface area contributed by atoms with Crippen LogP contribution in [0.5, 0.6) is 0 Å². The molecule has 21 heavy (non-hydrogen) atoms. The molecule has 0 aromatic carbocycles. The van der Waals surface area contributed by atoms with Crippen LogP contribution in [0.15, 0.2) is 0 Å². The zero-order chi connectivity index (χ0) is 15.5. The normalized spacial score (nSPS) is 18.0. The van der Waals surface area contributed by atoms with Gasteiger partial charge in [0, 0.05) is 25.1 Å². The monoisotopic (exact) mass is 315 g/mol. The van der Waals surface area contributed by atoms with Crippen molar-refractivity contribution < 1.29 is 19.1 Å². The number of aldehydes is 1. The van der Waals surface area contributed by atoms with Gasteiger partial charge in [-0.1, -0.05) is 13.3 Å². The van der Waals surface area contributed by atoms with Crippen LogP contribution >= 0.6 is 11.8 Å². The Morgan fingerprint density at radius 1 is 1.43 bits per heavy atom. The first-order chi connectivity index (χ1) is 10.2. The molecule has 0 unspecified atom stereocenters.